The Morgan fingerprint density at radius 2 is 1.71 bits per heavy atom. The second kappa shape index (κ2) is 10.3. The van der Waals surface area contributed by atoms with E-state index in [1.165, 1.54) is 0 Å². The van der Waals surface area contributed by atoms with E-state index >= 15 is 0 Å². The van der Waals surface area contributed by atoms with Crippen LogP contribution in [-0.2, 0) is 16.1 Å². The summed E-state index contributed by atoms with van der Waals surface area (Å²) in [4.78, 5) is 43.5. The third-order valence-corrected chi connectivity index (χ3v) is 6.76. The molecule has 2 atom stereocenters. The number of rotatable bonds is 9. The lowest BCUT2D eigenvalue weighted by Gasteiger charge is -2.33. The summed E-state index contributed by atoms with van der Waals surface area (Å²) in [6.07, 6.45) is 1.28. The smallest absolute Gasteiger partial charge is 0.259 e. The highest BCUT2D eigenvalue weighted by Crippen LogP contribution is 2.37. The fourth-order valence-corrected chi connectivity index (χ4v) is 4.73. The van der Waals surface area contributed by atoms with Crippen molar-refractivity contribution in [2.24, 2.45) is 0 Å². The predicted octanol–water partition coefficient (Wildman–Crippen LogP) is 4.83. The van der Waals surface area contributed by atoms with E-state index in [4.69, 9.17) is 0 Å². The second-order valence-electron chi connectivity index (χ2n) is 9.32. The van der Waals surface area contributed by atoms with Crippen LogP contribution in [0.5, 0.6) is 0 Å². The molecule has 1 heterocycles. The minimum absolute atomic E-state index is 0.0136. The van der Waals surface area contributed by atoms with Gasteiger partial charge in [0.2, 0.25) is 11.8 Å². The first-order valence-electron chi connectivity index (χ1n) is 12.3. The highest BCUT2D eigenvalue weighted by atomic mass is 16.2. The van der Waals surface area contributed by atoms with Crippen LogP contribution >= 0.6 is 0 Å². The Kier molecular flexibility index (Phi) is 7.20. The number of carbonyl (C=O) groups excluding carboxylic acids is 3. The van der Waals surface area contributed by atoms with E-state index in [1.54, 1.807) is 15.9 Å². The van der Waals surface area contributed by atoms with E-state index in [9.17, 15) is 14.4 Å². The molecule has 1 aliphatic rings. The van der Waals surface area contributed by atoms with Crippen molar-refractivity contribution >= 4 is 34.2 Å². The van der Waals surface area contributed by atoms with Gasteiger partial charge in [0, 0.05) is 23.5 Å². The normalized spacial score (nSPS) is 14.2. The average Bonchev–Trinajstić information content (AvgIpc) is 3.11. The SMILES string of the molecule is CC[C@@H](C)NC(=O)[C@@H](CC)N(Cc1cccc(C)c1)C(=O)CN1C(=O)c2cccc3cccc1c23. The molecule has 6 nitrogen and oxygen atoms in total. The van der Waals surface area contributed by atoms with Crippen LogP contribution < -0.4 is 10.2 Å². The highest BCUT2D eigenvalue weighted by molar-refractivity contribution is 6.26. The Hall–Kier alpha value is -3.67. The maximum atomic E-state index is 13.8. The molecule has 1 N–H and O–H groups in total. The second-order valence-corrected chi connectivity index (χ2v) is 9.32. The van der Waals surface area contributed by atoms with Gasteiger partial charge in [-0.1, -0.05) is 67.9 Å². The van der Waals surface area contributed by atoms with E-state index in [-0.39, 0.29) is 30.3 Å². The van der Waals surface area contributed by atoms with Crippen molar-refractivity contribution in [2.75, 3.05) is 11.4 Å². The number of nitrogens with one attached hydrogen (secondary N) is 1. The molecule has 0 saturated heterocycles. The van der Waals surface area contributed by atoms with E-state index in [0.717, 1.165) is 34.0 Å². The molecule has 0 fully saturated rings. The quantitative estimate of drug-likeness (QED) is 0.486. The zero-order valence-electron chi connectivity index (χ0n) is 20.9. The molecular weight excluding hydrogens is 438 g/mol. The van der Waals surface area contributed by atoms with E-state index in [2.05, 4.69) is 5.32 Å². The van der Waals surface area contributed by atoms with Crippen molar-refractivity contribution in [1.29, 1.82) is 0 Å². The van der Waals surface area contributed by atoms with Crippen molar-refractivity contribution in [2.45, 2.75) is 59.2 Å². The van der Waals surface area contributed by atoms with E-state index in [1.807, 2.05) is 82.3 Å². The lowest BCUT2D eigenvalue weighted by Crippen LogP contribution is -2.53. The molecule has 0 aliphatic carbocycles. The van der Waals surface area contributed by atoms with Gasteiger partial charge in [-0.25, -0.2) is 0 Å². The molecule has 182 valence electrons. The zero-order valence-corrected chi connectivity index (χ0v) is 20.9. The van der Waals surface area contributed by atoms with Crippen LogP contribution in [0.3, 0.4) is 0 Å². The molecule has 0 radical (unpaired) electrons. The summed E-state index contributed by atoms with van der Waals surface area (Å²) in [6.45, 7) is 8.06. The van der Waals surface area contributed by atoms with Gasteiger partial charge in [-0.2, -0.15) is 0 Å². The van der Waals surface area contributed by atoms with Gasteiger partial charge in [-0.05, 0) is 49.8 Å². The summed E-state index contributed by atoms with van der Waals surface area (Å²) >= 11 is 0. The summed E-state index contributed by atoms with van der Waals surface area (Å²) in [5.74, 6) is -0.602. The van der Waals surface area contributed by atoms with Crippen LogP contribution in [0.15, 0.2) is 60.7 Å². The Bertz CT molecular complexity index is 1260. The van der Waals surface area contributed by atoms with Crippen LogP contribution in [0.25, 0.3) is 10.8 Å². The number of amides is 3. The van der Waals surface area contributed by atoms with Crippen LogP contribution in [0.4, 0.5) is 5.69 Å². The third-order valence-electron chi connectivity index (χ3n) is 6.76. The molecule has 0 unspecified atom stereocenters. The van der Waals surface area contributed by atoms with Gasteiger partial charge in [0.25, 0.3) is 5.91 Å². The molecule has 3 aromatic rings. The average molecular weight is 472 g/mol. The number of nitrogens with zero attached hydrogens (tertiary/aromatic N) is 2. The number of benzene rings is 3. The number of aryl methyl sites for hydroxylation is 1. The van der Waals surface area contributed by atoms with Gasteiger partial charge in [0.05, 0.1) is 5.69 Å². The molecule has 0 saturated carbocycles. The number of carbonyl (C=O) groups is 3. The molecular formula is C29H33N3O3. The number of anilines is 1. The largest absolute Gasteiger partial charge is 0.352 e. The maximum absolute atomic E-state index is 13.8. The summed E-state index contributed by atoms with van der Waals surface area (Å²) in [5, 5.41) is 4.88. The Balaban J connectivity index is 1.65. The molecule has 4 rings (SSSR count). The topological polar surface area (TPSA) is 69.7 Å². The summed E-state index contributed by atoms with van der Waals surface area (Å²) in [6, 6.07) is 18.7. The Morgan fingerprint density at radius 1 is 1.00 bits per heavy atom. The molecule has 0 spiro atoms. The lowest BCUT2D eigenvalue weighted by atomic mass is 10.1. The van der Waals surface area contributed by atoms with Gasteiger partial charge in [0.15, 0.2) is 0 Å². The van der Waals surface area contributed by atoms with Gasteiger partial charge >= 0.3 is 0 Å². The summed E-state index contributed by atoms with van der Waals surface area (Å²) in [7, 11) is 0. The third kappa shape index (κ3) is 4.92. The highest BCUT2D eigenvalue weighted by Gasteiger charge is 2.35. The predicted molar refractivity (Wildman–Crippen MR) is 139 cm³/mol. The Morgan fingerprint density at radius 3 is 2.40 bits per heavy atom. The molecule has 35 heavy (non-hydrogen) atoms. The molecule has 0 aromatic heterocycles. The monoisotopic (exact) mass is 471 g/mol. The molecule has 0 bridgehead atoms. The summed E-state index contributed by atoms with van der Waals surface area (Å²) in [5.41, 5.74) is 3.39. The first-order chi connectivity index (χ1) is 16.8. The van der Waals surface area contributed by atoms with Gasteiger partial charge in [-0.15, -0.1) is 0 Å². The molecule has 6 heteroatoms. The van der Waals surface area contributed by atoms with Crippen molar-refractivity contribution in [3.05, 3.63) is 77.4 Å². The summed E-state index contributed by atoms with van der Waals surface area (Å²) < 4.78 is 0. The fourth-order valence-electron chi connectivity index (χ4n) is 4.73. The molecule has 3 amide bonds. The minimum atomic E-state index is -0.632. The van der Waals surface area contributed by atoms with Gasteiger partial charge < -0.3 is 10.2 Å². The Labute approximate surface area is 206 Å². The van der Waals surface area contributed by atoms with E-state index in [0.29, 0.717) is 18.5 Å². The van der Waals surface area contributed by atoms with Crippen molar-refractivity contribution in [3.63, 3.8) is 0 Å². The van der Waals surface area contributed by atoms with Crippen LogP contribution in [0, 0.1) is 6.92 Å². The van der Waals surface area contributed by atoms with Gasteiger partial charge in [-0.3, -0.25) is 19.3 Å². The van der Waals surface area contributed by atoms with Crippen LogP contribution in [0.1, 0.15) is 55.1 Å². The molecule has 1 aliphatic heterocycles. The van der Waals surface area contributed by atoms with Crippen LogP contribution in [0.2, 0.25) is 0 Å². The fraction of sp³-hybridized carbons (Fsp3) is 0.345. The number of hydrogen-bond donors (Lipinski definition) is 1. The minimum Gasteiger partial charge on any atom is -0.352 e. The lowest BCUT2D eigenvalue weighted by molar-refractivity contribution is -0.140. The first kappa shape index (κ1) is 24.5. The van der Waals surface area contributed by atoms with Gasteiger partial charge in [0.1, 0.15) is 12.6 Å². The van der Waals surface area contributed by atoms with E-state index < -0.39 is 6.04 Å². The number of hydrogen-bond acceptors (Lipinski definition) is 3. The maximum Gasteiger partial charge on any atom is 0.259 e. The first-order valence-corrected chi connectivity index (χ1v) is 12.3. The van der Waals surface area contributed by atoms with Crippen molar-refractivity contribution in [1.82, 2.24) is 10.2 Å². The van der Waals surface area contributed by atoms with Crippen molar-refractivity contribution < 1.29 is 14.4 Å². The molecule has 3 aromatic carbocycles. The van der Waals surface area contributed by atoms with Crippen LogP contribution in [-0.4, -0.2) is 41.2 Å². The zero-order chi connectivity index (χ0) is 25.1. The van der Waals surface area contributed by atoms with Crippen molar-refractivity contribution in [3.8, 4) is 0 Å². The standard InChI is InChI=1S/C29H33N3O3/c1-5-20(4)30-28(34)24(6-2)31(17-21-11-7-10-19(3)16-21)26(33)18-32-25-15-9-13-22-12-8-14-23(27(22)25)29(32)35/h7-16,20,24H,5-6,17-18H2,1-4H3,(H,30,34)/t20-,24-/m1/s1.